The number of aliphatic carboxylic acids is 1. The Kier molecular flexibility index (Phi) is 5.56. The molecular weight excluding hydrogens is 266 g/mol. The van der Waals surface area contributed by atoms with Crippen LogP contribution in [0.15, 0.2) is 18.3 Å². The SMILES string of the molecule is CC(C)CC(NCc1ccc(N2CCCC2)nc1)C(=O)O. The fraction of sp³-hybridized carbons (Fsp3) is 0.625. The third kappa shape index (κ3) is 4.70. The molecule has 116 valence electrons. The average Bonchev–Trinajstić information content (AvgIpc) is 2.97. The van der Waals surface area contributed by atoms with E-state index in [1.165, 1.54) is 12.8 Å². The monoisotopic (exact) mass is 291 g/mol. The number of nitrogens with zero attached hydrogens (tertiary/aromatic N) is 2. The van der Waals surface area contributed by atoms with Gasteiger partial charge in [0.05, 0.1) is 0 Å². The van der Waals surface area contributed by atoms with Crippen molar-refractivity contribution >= 4 is 11.8 Å². The normalized spacial score (nSPS) is 16.4. The summed E-state index contributed by atoms with van der Waals surface area (Å²) in [6, 6.07) is 3.56. The number of carboxylic acid groups (broad SMARTS) is 1. The van der Waals surface area contributed by atoms with Gasteiger partial charge in [-0.1, -0.05) is 19.9 Å². The molecule has 2 heterocycles. The average molecular weight is 291 g/mol. The molecule has 0 spiro atoms. The molecule has 0 bridgehead atoms. The molecule has 1 unspecified atom stereocenters. The van der Waals surface area contributed by atoms with Gasteiger partial charge in [0.15, 0.2) is 0 Å². The first-order chi connectivity index (χ1) is 10.1. The van der Waals surface area contributed by atoms with E-state index in [1.54, 1.807) is 0 Å². The minimum absolute atomic E-state index is 0.356. The summed E-state index contributed by atoms with van der Waals surface area (Å²) in [4.78, 5) is 18.0. The lowest BCUT2D eigenvalue weighted by Crippen LogP contribution is -2.37. The zero-order valence-corrected chi connectivity index (χ0v) is 12.9. The third-order valence-electron chi connectivity index (χ3n) is 3.80. The van der Waals surface area contributed by atoms with Gasteiger partial charge >= 0.3 is 5.97 Å². The summed E-state index contributed by atoms with van der Waals surface area (Å²) in [6.07, 6.45) is 4.95. The Labute approximate surface area is 126 Å². The number of hydrogen-bond donors (Lipinski definition) is 2. The van der Waals surface area contributed by atoms with Gasteiger partial charge in [0, 0.05) is 25.8 Å². The van der Waals surface area contributed by atoms with Crippen LogP contribution in [0.25, 0.3) is 0 Å². The van der Waals surface area contributed by atoms with Crippen molar-refractivity contribution in [3.05, 3.63) is 23.9 Å². The van der Waals surface area contributed by atoms with Crippen molar-refractivity contribution in [2.75, 3.05) is 18.0 Å². The molecule has 0 amide bonds. The van der Waals surface area contributed by atoms with E-state index < -0.39 is 12.0 Å². The van der Waals surface area contributed by atoms with Crippen molar-refractivity contribution in [1.29, 1.82) is 0 Å². The van der Waals surface area contributed by atoms with Gasteiger partial charge in [-0.05, 0) is 36.8 Å². The molecule has 0 aliphatic carbocycles. The lowest BCUT2D eigenvalue weighted by atomic mass is 10.0. The van der Waals surface area contributed by atoms with Crippen LogP contribution in [0.3, 0.4) is 0 Å². The van der Waals surface area contributed by atoms with Crippen LogP contribution in [0.2, 0.25) is 0 Å². The van der Waals surface area contributed by atoms with Crippen LogP contribution in [0, 0.1) is 5.92 Å². The number of aromatic nitrogens is 1. The topological polar surface area (TPSA) is 65.5 Å². The van der Waals surface area contributed by atoms with Crippen LogP contribution < -0.4 is 10.2 Å². The van der Waals surface area contributed by atoms with Gasteiger partial charge in [0.1, 0.15) is 11.9 Å². The summed E-state index contributed by atoms with van der Waals surface area (Å²) in [7, 11) is 0. The predicted molar refractivity (Wildman–Crippen MR) is 83.4 cm³/mol. The Balaban J connectivity index is 1.88. The maximum atomic E-state index is 11.2. The molecule has 0 saturated carbocycles. The molecule has 21 heavy (non-hydrogen) atoms. The second kappa shape index (κ2) is 7.41. The van der Waals surface area contributed by atoms with E-state index in [2.05, 4.69) is 15.2 Å². The summed E-state index contributed by atoms with van der Waals surface area (Å²) >= 11 is 0. The number of carbonyl (C=O) groups is 1. The van der Waals surface area contributed by atoms with Crippen molar-refractivity contribution in [3.8, 4) is 0 Å². The first-order valence-electron chi connectivity index (χ1n) is 7.72. The standard InChI is InChI=1S/C16H25N3O2/c1-12(2)9-14(16(20)21)17-10-13-5-6-15(18-11-13)19-7-3-4-8-19/h5-6,11-12,14,17H,3-4,7-10H2,1-2H3,(H,20,21). The van der Waals surface area contributed by atoms with E-state index in [9.17, 15) is 9.90 Å². The van der Waals surface area contributed by atoms with E-state index in [4.69, 9.17) is 0 Å². The number of nitrogens with one attached hydrogen (secondary N) is 1. The van der Waals surface area contributed by atoms with Crippen LogP contribution in [-0.2, 0) is 11.3 Å². The van der Waals surface area contributed by atoms with E-state index in [1.807, 2.05) is 32.2 Å². The lowest BCUT2D eigenvalue weighted by molar-refractivity contribution is -0.140. The van der Waals surface area contributed by atoms with Crippen molar-refractivity contribution in [1.82, 2.24) is 10.3 Å². The van der Waals surface area contributed by atoms with Gasteiger partial charge in [-0.2, -0.15) is 0 Å². The summed E-state index contributed by atoms with van der Waals surface area (Å²) in [5.41, 5.74) is 1.02. The molecule has 1 fully saturated rings. The second-order valence-electron chi connectivity index (χ2n) is 6.12. The van der Waals surface area contributed by atoms with Crippen molar-refractivity contribution in [2.24, 2.45) is 5.92 Å². The summed E-state index contributed by atoms with van der Waals surface area (Å²) in [5, 5.41) is 12.3. The Hall–Kier alpha value is -1.62. The van der Waals surface area contributed by atoms with Gasteiger partial charge < -0.3 is 15.3 Å². The van der Waals surface area contributed by atoms with Crippen LogP contribution >= 0.6 is 0 Å². The molecule has 1 aromatic heterocycles. The fourth-order valence-electron chi connectivity index (χ4n) is 2.64. The first kappa shape index (κ1) is 15.8. The number of pyridine rings is 1. The molecule has 1 saturated heterocycles. The Morgan fingerprint density at radius 2 is 2.10 bits per heavy atom. The molecule has 2 rings (SSSR count). The minimum atomic E-state index is -0.787. The number of hydrogen-bond acceptors (Lipinski definition) is 4. The van der Waals surface area contributed by atoms with Gasteiger partial charge in [-0.25, -0.2) is 4.98 Å². The van der Waals surface area contributed by atoms with Gasteiger partial charge in [-0.3, -0.25) is 4.79 Å². The van der Waals surface area contributed by atoms with E-state index in [0.717, 1.165) is 24.5 Å². The molecule has 1 aliphatic heterocycles. The molecule has 0 radical (unpaired) electrons. The maximum Gasteiger partial charge on any atom is 0.320 e. The van der Waals surface area contributed by atoms with Crippen LogP contribution in [0.5, 0.6) is 0 Å². The minimum Gasteiger partial charge on any atom is -0.480 e. The summed E-state index contributed by atoms with van der Waals surface area (Å²) in [5.74, 6) is 0.591. The highest BCUT2D eigenvalue weighted by molar-refractivity contribution is 5.73. The van der Waals surface area contributed by atoms with E-state index in [0.29, 0.717) is 18.9 Å². The third-order valence-corrected chi connectivity index (χ3v) is 3.80. The largest absolute Gasteiger partial charge is 0.480 e. The van der Waals surface area contributed by atoms with Gasteiger partial charge in [0.25, 0.3) is 0 Å². The molecule has 1 atom stereocenters. The number of carboxylic acids is 1. The Bertz CT molecular complexity index is 453. The quantitative estimate of drug-likeness (QED) is 0.807. The summed E-state index contributed by atoms with van der Waals surface area (Å²) < 4.78 is 0. The highest BCUT2D eigenvalue weighted by atomic mass is 16.4. The van der Waals surface area contributed by atoms with Gasteiger partial charge in [-0.15, -0.1) is 0 Å². The van der Waals surface area contributed by atoms with Crippen LogP contribution in [0.4, 0.5) is 5.82 Å². The highest BCUT2D eigenvalue weighted by Gasteiger charge is 2.18. The molecule has 5 heteroatoms. The second-order valence-corrected chi connectivity index (χ2v) is 6.12. The number of anilines is 1. The lowest BCUT2D eigenvalue weighted by Gasteiger charge is -2.18. The van der Waals surface area contributed by atoms with E-state index >= 15 is 0 Å². The molecule has 5 nitrogen and oxygen atoms in total. The number of rotatable bonds is 7. The molecule has 0 aromatic carbocycles. The molecule has 1 aliphatic rings. The zero-order valence-electron chi connectivity index (χ0n) is 12.9. The fourth-order valence-corrected chi connectivity index (χ4v) is 2.64. The van der Waals surface area contributed by atoms with E-state index in [-0.39, 0.29) is 0 Å². The Morgan fingerprint density at radius 1 is 1.38 bits per heavy atom. The molecular formula is C16H25N3O2. The molecule has 1 aromatic rings. The van der Waals surface area contributed by atoms with Crippen molar-refractivity contribution in [3.63, 3.8) is 0 Å². The van der Waals surface area contributed by atoms with Crippen LogP contribution in [-0.4, -0.2) is 35.2 Å². The van der Waals surface area contributed by atoms with Crippen molar-refractivity contribution < 1.29 is 9.90 Å². The molecule has 2 N–H and O–H groups in total. The predicted octanol–water partition coefficient (Wildman–Crippen LogP) is 2.27. The van der Waals surface area contributed by atoms with Crippen molar-refractivity contribution in [2.45, 2.75) is 45.7 Å². The highest BCUT2D eigenvalue weighted by Crippen LogP contribution is 2.17. The summed E-state index contributed by atoms with van der Waals surface area (Å²) in [6.45, 7) is 6.77. The van der Waals surface area contributed by atoms with Gasteiger partial charge in [0.2, 0.25) is 0 Å². The Morgan fingerprint density at radius 3 is 2.62 bits per heavy atom. The maximum absolute atomic E-state index is 11.2. The van der Waals surface area contributed by atoms with Crippen LogP contribution in [0.1, 0.15) is 38.7 Å². The zero-order chi connectivity index (χ0) is 15.2. The first-order valence-corrected chi connectivity index (χ1v) is 7.72. The smallest absolute Gasteiger partial charge is 0.320 e.